The highest BCUT2D eigenvalue weighted by molar-refractivity contribution is 6.20. The van der Waals surface area contributed by atoms with Crippen LogP contribution in [0.15, 0.2) is 67.0 Å². The van der Waals surface area contributed by atoms with E-state index in [4.69, 9.17) is 4.74 Å². The number of anilines is 3. The molecule has 0 fully saturated rings. The van der Waals surface area contributed by atoms with Crippen molar-refractivity contribution >= 4 is 34.8 Å². The number of hydrogen-bond donors (Lipinski definition) is 0. The molecule has 1 aliphatic rings. The molecule has 0 N–H and O–H groups in total. The minimum atomic E-state index is -1.15. The molecule has 1 aliphatic heterocycles. The number of rotatable bonds is 13. The van der Waals surface area contributed by atoms with Crippen LogP contribution in [0.5, 0.6) is 5.75 Å². The van der Waals surface area contributed by atoms with Crippen molar-refractivity contribution in [3.63, 3.8) is 0 Å². The molecule has 2 heterocycles. The first-order valence-electron chi connectivity index (χ1n) is 15.4. The molecule has 0 atom stereocenters. The number of benzene rings is 2. The lowest BCUT2D eigenvalue weighted by Crippen LogP contribution is -2.47. The summed E-state index contributed by atoms with van der Waals surface area (Å²) in [6.45, 7) is 8.95. The van der Waals surface area contributed by atoms with Gasteiger partial charge in [0.25, 0.3) is 5.91 Å². The highest BCUT2D eigenvalue weighted by Gasteiger charge is 2.45. The molecule has 3 amide bonds. The third kappa shape index (κ3) is 7.81. The summed E-state index contributed by atoms with van der Waals surface area (Å²) in [5.41, 5.74) is 3.00. The maximum atomic E-state index is 13.2. The Morgan fingerprint density at radius 3 is 2.33 bits per heavy atom. The van der Waals surface area contributed by atoms with Crippen molar-refractivity contribution in [1.29, 1.82) is 0 Å². The van der Waals surface area contributed by atoms with E-state index in [1.807, 2.05) is 87.6 Å². The number of hydrogen-bond acceptors (Lipinski definition) is 7. The second-order valence-electron chi connectivity index (χ2n) is 12.2. The van der Waals surface area contributed by atoms with Crippen molar-refractivity contribution in [3.8, 4) is 5.75 Å². The lowest BCUT2D eigenvalue weighted by Gasteiger charge is -2.27. The predicted molar refractivity (Wildman–Crippen MR) is 179 cm³/mol. The summed E-state index contributed by atoms with van der Waals surface area (Å²) in [4.78, 5) is 53.0. The van der Waals surface area contributed by atoms with E-state index in [-0.39, 0.29) is 17.7 Å². The Kier molecular flexibility index (Phi) is 10.8. The normalized spacial score (nSPS) is 14.3. The Bertz CT molecular complexity index is 1490. The zero-order valence-corrected chi connectivity index (χ0v) is 27.6. The van der Waals surface area contributed by atoms with Crippen molar-refractivity contribution in [1.82, 2.24) is 14.8 Å². The number of aromatic nitrogens is 1. The van der Waals surface area contributed by atoms with E-state index in [1.54, 1.807) is 48.0 Å². The van der Waals surface area contributed by atoms with Crippen LogP contribution in [0.1, 0.15) is 43.1 Å². The van der Waals surface area contributed by atoms with Crippen LogP contribution in [0.2, 0.25) is 0 Å². The Labute approximate surface area is 267 Å². The fourth-order valence-electron chi connectivity index (χ4n) is 5.50. The van der Waals surface area contributed by atoms with E-state index >= 15 is 0 Å². The van der Waals surface area contributed by atoms with Crippen LogP contribution in [-0.2, 0) is 16.1 Å². The molecule has 0 aliphatic carbocycles. The zero-order chi connectivity index (χ0) is 32.7. The van der Waals surface area contributed by atoms with Gasteiger partial charge in [0.15, 0.2) is 0 Å². The highest BCUT2D eigenvalue weighted by Crippen LogP contribution is 2.40. The first-order chi connectivity index (χ1) is 21.4. The third-order valence-corrected chi connectivity index (χ3v) is 8.29. The minimum Gasteiger partial charge on any atom is -0.493 e. The van der Waals surface area contributed by atoms with Crippen molar-refractivity contribution in [2.24, 2.45) is 5.41 Å². The maximum absolute atomic E-state index is 13.2. The van der Waals surface area contributed by atoms with Crippen LogP contribution in [0.3, 0.4) is 0 Å². The molecule has 0 spiro atoms. The van der Waals surface area contributed by atoms with Crippen LogP contribution >= 0.6 is 0 Å². The molecule has 2 aromatic carbocycles. The highest BCUT2D eigenvalue weighted by atomic mass is 16.5. The summed E-state index contributed by atoms with van der Waals surface area (Å²) < 4.78 is 6.15. The Morgan fingerprint density at radius 1 is 0.911 bits per heavy atom. The molecule has 0 unspecified atom stereocenters. The largest absolute Gasteiger partial charge is 0.493 e. The Balaban J connectivity index is 1.39. The molecule has 10 heteroatoms. The number of nitrogens with zero attached hydrogens (tertiary/aromatic N) is 6. The predicted octanol–water partition coefficient (Wildman–Crippen LogP) is 4.55. The molecule has 45 heavy (non-hydrogen) atoms. The number of carbonyl (C=O) groups excluding carboxylic acids is 3. The number of ether oxygens (including phenoxy) is 1. The molecule has 3 aromatic rings. The van der Waals surface area contributed by atoms with E-state index in [0.29, 0.717) is 48.9 Å². The number of fused-ring (bicyclic) bond motifs is 1. The van der Waals surface area contributed by atoms with Crippen molar-refractivity contribution in [3.05, 3.63) is 78.1 Å². The summed E-state index contributed by atoms with van der Waals surface area (Å²) in [6, 6.07) is 17.2. The van der Waals surface area contributed by atoms with E-state index in [2.05, 4.69) is 9.88 Å². The van der Waals surface area contributed by atoms with Gasteiger partial charge in [0.2, 0.25) is 11.8 Å². The van der Waals surface area contributed by atoms with Gasteiger partial charge in [-0.05, 0) is 75.2 Å². The summed E-state index contributed by atoms with van der Waals surface area (Å²) in [7, 11) is 7.47. The number of likely N-dealkylation sites (N-methyl/N-ethyl adjacent to an activating group) is 1. The van der Waals surface area contributed by atoms with Gasteiger partial charge in [0.1, 0.15) is 11.2 Å². The van der Waals surface area contributed by atoms with Gasteiger partial charge in [-0.25, -0.2) is 0 Å². The number of pyridine rings is 1. The van der Waals surface area contributed by atoms with Gasteiger partial charge in [-0.15, -0.1) is 0 Å². The van der Waals surface area contributed by atoms with Crippen molar-refractivity contribution in [2.75, 3.05) is 75.7 Å². The van der Waals surface area contributed by atoms with Crippen LogP contribution in [0.25, 0.3) is 0 Å². The first-order valence-corrected chi connectivity index (χ1v) is 15.4. The van der Waals surface area contributed by atoms with Gasteiger partial charge in [-0.2, -0.15) is 0 Å². The molecule has 4 rings (SSSR count). The number of carbonyl (C=O) groups is 3. The molecule has 0 radical (unpaired) electrons. The Morgan fingerprint density at radius 2 is 1.64 bits per heavy atom. The summed E-state index contributed by atoms with van der Waals surface area (Å²) >= 11 is 0. The zero-order valence-electron chi connectivity index (χ0n) is 27.6. The Hall–Kier alpha value is -4.44. The first kappa shape index (κ1) is 33.5. The summed E-state index contributed by atoms with van der Waals surface area (Å²) in [6.07, 6.45) is 4.34. The fraction of sp³-hybridized carbons (Fsp3) is 0.429. The van der Waals surface area contributed by atoms with E-state index in [9.17, 15) is 14.4 Å². The van der Waals surface area contributed by atoms with Gasteiger partial charge in [-0.3, -0.25) is 24.3 Å². The van der Waals surface area contributed by atoms with E-state index < -0.39 is 5.41 Å². The minimum absolute atomic E-state index is 0.00993. The lowest BCUT2D eigenvalue weighted by molar-refractivity contribution is -0.137. The maximum Gasteiger partial charge on any atom is 0.253 e. The third-order valence-electron chi connectivity index (χ3n) is 8.29. The van der Waals surface area contributed by atoms with E-state index in [1.165, 1.54) is 0 Å². The van der Waals surface area contributed by atoms with Gasteiger partial charge >= 0.3 is 0 Å². The van der Waals surface area contributed by atoms with Crippen LogP contribution in [0, 0.1) is 5.41 Å². The molecule has 0 saturated heterocycles. The van der Waals surface area contributed by atoms with E-state index in [0.717, 1.165) is 30.8 Å². The molecule has 1 aromatic heterocycles. The second kappa shape index (κ2) is 14.6. The molecule has 0 bridgehead atoms. The average Bonchev–Trinajstić information content (AvgIpc) is 3.09. The van der Waals surface area contributed by atoms with Gasteiger partial charge in [0, 0.05) is 90.6 Å². The van der Waals surface area contributed by atoms with Crippen molar-refractivity contribution < 1.29 is 19.1 Å². The smallest absolute Gasteiger partial charge is 0.253 e. The topological polar surface area (TPSA) is 89.5 Å². The van der Waals surface area contributed by atoms with Crippen LogP contribution < -0.4 is 19.4 Å². The quantitative estimate of drug-likeness (QED) is 0.206. The van der Waals surface area contributed by atoms with Gasteiger partial charge in [-0.1, -0.05) is 6.07 Å². The van der Waals surface area contributed by atoms with Gasteiger partial charge < -0.3 is 24.3 Å². The standard InChI is InChI=1S/C35H46N6O4/c1-8-41-30-14-13-29(24-31(30)39(7)33(43)35(2,3)34(41)44)45-22-10-19-40(25-26-15-17-36-18-16-26)21-20-38(6)32(42)27-11-9-12-28(23-27)37(4)5/h9,11-18,23-24H,8,10,19-22,25H2,1-7H3. The number of amides is 3. The molecule has 0 saturated carbocycles. The monoisotopic (exact) mass is 614 g/mol. The molecular weight excluding hydrogens is 568 g/mol. The SMILES string of the molecule is CCN1C(=O)C(C)(C)C(=O)N(C)c2cc(OCCCN(CCN(C)C(=O)c3cccc(N(C)C)c3)Cc3ccncc3)ccc21. The van der Waals surface area contributed by atoms with Gasteiger partial charge in [0.05, 0.1) is 18.0 Å². The second-order valence-corrected chi connectivity index (χ2v) is 12.2. The summed E-state index contributed by atoms with van der Waals surface area (Å²) in [5.74, 6) is 0.173. The van der Waals surface area contributed by atoms with Crippen molar-refractivity contribution in [2.45, 2.75) is 33.7 Å². The average molecular weight is 615 g/mol. The van der Waals surface area contributed by atoms with Crippen LogP contribution in [-0.4, -0.2) is 93.5 Å². The molecule has 240 valence electrons. The van der Waals surface area contributed by atoms with Crippen LogP contribution in [0.4, 0.5) is 17.1 Å². The lowest BCUT2D eigenvalue weighted by atomic mass is 9.90. The molecular formula is C35H46N6O4. The fourth-order valence-corrected chi connectivity index (χ4v) is 5.50. The summed E-state index contributed by atoms with van der Waals surface area (Å²) in [5, 5.41) is 0. The molecule has 10 nitrogen and oxygen atoms in total.